The van der Waals surface area contributed by atoms with Gasteiger partial charge in [-0.25, -0.2) is 9.97 Å². The van der Waals surface area contributed by atoms with Gasteiger partial charge in [0.05, 0.1) is 11.7 Å². The van der Waals surface area contributed by atoms with E-state index in [-0.39, 0.29) is 0 Å². The quantitative estimate of drug-likeness (QED) is 0.635. The maximum Gasteiger partial charge on any atom is 0.138 e. The molecule has 0 spiro atoms. The highest BCUT2D eigenvalue weighted by Gasteiger charge is 2.27. The summed E-state index contributed by atoms with van der Waals surface area (Å²) >= 11 is 0. The highest BCUT2D eigenvalue weighted by Crippen LogP contribution is 2.31. The first-order valence-electron chi connectivity index (χ1n) is 10.0. The zero-order chi connectivity index (χ0) is 18.6. The van der Waals surface area contributed by atoms with Gasteiger partial charge in [0, 0.05) is 24.9 Å². The third-order valence-electron chi connectivity index (χ3n) is 5.42. The van der Waals surface area contributed by atoms with E-state index in [0.29, 0.717) is 12.0 Å². The summed E-state index contributed by atoms with van der Waals surface area (Å²) in [6, 6.07) is 17.6. The molecule has 1 saturated heterocycles. The topological polar surface area (TPSA) is 34.0 Å². The lowest BCUT2D eigenvalue weighted by Gasteiger charge is -2.24. The van der Waals surface area contributed by atoms with Gasteiger partial charge in [-0.05, 0) is 43.5 Å². The van der Waals surface area contributed by atoms with Gasteiger partial charge in [-0.1, -0.05) is 50.2 Å². The zero-order valence-electron chi connectivity index (χ0n) is 16.3. The second-order valence-corrected chi connectivity index (χ2v) is 7.66. The van der Waals surface area contributed by atoms with E-state index in [1.54, 1.807) is 0 Å². The van der Waals surface area contributed by atoms with Crippen molar-refractivity contribution >= 4 is 0 Å². The minimum absolute atomic E-state index is 0.374. The van der Waals surface area contributed by atoms with Gasteiger partial charge in [-0.3, -0.25) is 9.47 Å². The van der Waals surface area contributed by atoms with E-state index in [1.807, 2.05) is 12.4 Å². The van der Waals surface area contributed by atoms with E-state index in [0.717, 1.165) is 31.2 Å². The molecular formula is C23H28N4. The molecule has 0 radical (unpaired) electrons. The minimum Gasteiger partial charge on any atom is -0.294 e. The third-order valence-corrected chi connectivity index (χ3v) is 5.42. The molecule has 0 saturated carbocycles. The molecule has 2 aromatic heterocycles. The monoisotopic (exact) mass is 360 g/mol. The molecule has 0 aliphatic carbocycles. The maximum atomic E-state index is 5.03. The first-order valence-corrected chi connectivity index (χ1v) is 10.0. The van der Waals surface area contributed by atoms with Crippen molar-refractivity contribution in [3.05, 3.63) is 78.0 Å². The molecule has 0 unspecified atom stereocenters. The largest absolute Gasteiger partial charge is 0.294 e. The van der Waals surface area contributed by atoms with Crippen molar-refractivity contribution in [3.63, 3.8) is 0 Å². The SMILES string of the molecule is CC(C)c1nccn1-c1cccc([C@@H]2CCCN2CCc2ccccc2)n1. The van der Waals surface area contributed by atoms with Gasteiger partial charge in [-0.2, -0.15) is 0 Å². The Balaban J connectivity index is 1.53. The van der Waals surface area contributed by atoms with Crippen LogP contribution in [0.15, 0.2) is 60.9 Å². The second kappa shape index (κ2) is 8.05. The van der Waals surface area contributed by atoms with Crippen molar-refractivity contribution in [2.45, 2.75) is 45.1 Å². The Morgan fingerprint density at radius 1 is 1.07 bits per heavy atom. The van der Waals surface area contributed by atoms with E-state index >= 15 is 0 Å². The lowest BCUT2D eigenvalue weighted by Crippen LogP contribution is -2.26. The van der Waals surface area contributed by atoms with Gasteiger partial charge in [-0.15, -0.1) is 0 Å². The average molecular weight is 361 g/mol. The van der Waals surface area contributed by atoms with Gasteiger partial charge < -0.3 is 0 Å². The number of aromatic nitrogens is 3. The Kier molecular flexibility index (Phi) is 5.35. The number of nitrogens with zero attached hydrogens (tertiary/aromatic N) is 4. The van der Waals surface area contributed by atoms with Gasteiger partial charge >= 0.3 is 0 Å². The van der Waals surface area contributed by atoms with E-state index in [2.05, 4.69) is 76.8 Å². The summed E-state index contributed by atoms with van der Waals surface area (Å²) in [6.07, 6.45) is 7.41. The zero-order valence-corrected chi connectivity index (χ0v) is 16.3. The molecule has 140 valence electrons. The Morgan fingerprint density at radius 3 is 2.74 bits per heavy atom. The molecule has 3 heterocycles. The molecule has 0 amide bonds. The number of pyridine rings is 1. The van der Waals surface area contributed by atoms with Crippen LogP contribution in [-0.2, 0) is 6.42 Å². The van der Waals surface area contributed by atoms with Crippen LogP contribution in [0.2, 0.25) is 0 Å². The Hall–Kier alpha value is -2.46. The van der Waals surface area contributed by atoms with Gasteiger partial charge in [0.25, 0.3) is 0 Å². The van der Waals surface area contributed by atoms with Crippen LogP contribution in [0.1, 0.15) is 55.7 Å². The number of benzene rings is 1. The van der Waals surface area contributed by atoms with Crippen LogP contribution < -0.4 is 0 Å². The molecule has 1 aromatic carbocycles. The number of rotatable bonds is 6. The first kappa shape index (κ1) is 17.9. The molecular weight excluding hydrogens is 332 g/mol. The summed E-state index contributed by atoms with van der Waals surface area (Å²) in [5.41, 5.74) is 2.59. The molecule has 27 heavy (non-hydrogen) atoms. The molecule has 1 fully saturated rings. The van der Waals surface area contributed by atoms with E-state index < -0.39 is 0 Å². The van der Waals surface area contributed by atoms with Crippen molar-refractivity contribution < 1.29 is 0 Å². The van der Waals surface area contributed by atoms with Gasteiger partial charge in [0.15, 0.2) is 0 Å². The van der Waals surface area contributed by atoms with Crippen molar-refractivity contribution in [2.24, 2.45) is 0 Å². The predicted octanol–water partition coefficient (Wildman–Crippen LogP) is 4.77. The highest BCUT2D eigenvalue weighted by atomic mass is 15.2. The fourth-order valence-electron chi connectivity index (χ4n) is 4.04. The second-order valence-electron chi connectivity index (χ2n) is 7.66. The van der Waals surface area contributed by atoms with Crippen LogP contribution in [0.3, 0.4) is 0 Å². The van der Waals surface area contributed by atoms with E-state index in [4.69, 9.17) is 4.98 Å². The number of hydrogen-bond acceptors (Lipinski definition) is 3. The summed E-state index contributed by atoms with van der Waals surface area (Å²) in [5, 5.41) is 0. The third kappa shape index (κ3) is 3.96. The molecule has 0 bridgehead atoms. The Labute approximate surface area is 161 Å². The highest BCUT2D eigenvalue weighted by molar-refractivity contribution is 5.29. The maximum absolute atomic E-state index is 5.03. The van der Waals surface area contributed by atoms with Gasteiger partial charge in [0.1, 0.15) is 11.6 Å². The number of likely N-dealkylation sites (tertiary alicyclic amines) is 1. The smallest absolute Gasteiger partial charge is 0.138 e. The summed E-state index contributed by atoms with van der Waals surface area (Å²) < 4.78 is 2.12. The molecule has 4 rings (SSSR count). The molecule has 3 aromatic rings. The van der Waals surface area contributed by atoms with Gasteiger partial charge in [0.2, 0.25) is 0 Å². The fraction of sp³-hybridized carbons (Fsp3) is 0.391. The summed E-state index contributed by atoms with van der Waals surface area (Å²) in [4.78, 5) is 12.1. The fourth-order valence-corrected chi connectivity index (χ4v) is 4.04. The first-order chi connectivity index (χ1) is 13.2. The van der Waals surface area contributed by atoms with Crippen molar-refractivity contribution in [2.75, 3.05) is 13.1 Å². The van der Waals surface area contributed by atoms with Crippen LogP contribution in [0.25, 0.3) is 5.82 Å². The van der Waals surface area contributed by atoms with E-state index in [1.165, 1.54) is 24.1 Å². The Bertz CT molecular complexity index is 869. The minimum atomic E-state index is 0.374. The molecule has 0 N–H and O–H groups in total. The summed E-state index contributed by atoms with van der Waals surface area (Å²) in [5.74, 6) is 2.41. The average Bonchev–Trinajstić information content (AvgIpc) is 3.37. The lowest BCUT2D eigenvalue weighted by atomic mass is 10.1. The number of hydrogen-bond donors (Lipinski definition) is 0. The van der Waals surface area contributed by atoms with Crippen molar-refractivity contribution in [3.8, 4) is 5.82 Å². The molecule has 1 atom stereocenters. The van der Waals surface area contributed by atoms with Crippen molar-refractivity contribution in [1.29, 1.82) is 0 Å². The molecule has 4 nitrogen and oxygen atoms in total. The van der Waals surface area contributed by atoms with E-state index in [9.17, 15) is 0 Å². The predicted molar refractivity (Wildman–Crippen MR) is 109 cm³/mol. The van der Waals surface area contributed by atoms with Crippen LogP contribution in [0.5, 0.6) is 0 Å². The molecule has 1 aliphatic rings. The molecule has 4 heteroatoms. The standard InChI is InChI=1S/C23H28N4/c1-18(2)23-24-14-17-27(23)22-12-6-10-20(25-22)21-11-7-15-26(21)16-13-19-8-4-3-5-9-19/h3-6,8-10,12,14,17-18,21H,7,11,13,15-16H2,1-2H3/t21-/m0/s1. The Morgan fingerprint density at radius 2 is 1.93 bits per heavy atom. The normalized spacial score (nSPS) is 17.7. The number of imidazole rings is 1. The summed E-state index contributed by atoms with van der Waals surface area (Å²) in [6.45, 7) is 6.59. The lowest BCUT2D eigenvalue weighted by molar-refractivity contribution is 0.256. The van der Waals surface area contributed by atoms with Crippen LogP contribution in [0, 0.1) is 0 Å². The van der Waals surface area contributed by atoms with Crippen LogP contribution >= 0.6 is 0 Å². The molecule has 1 aliphatic heterocycles. The summed E-state index contributed by atoms with van der Waals surface area (Å²) in [7, 11) is 0. The van der Waals surface area contributed by atoms with Crippen LogP contribution in [-0.4, -0.2) is 32.5 Å². The van der Waals surface area contributed by atoms with Crippen LogP contribution in [0.4, 0.5) is 0 Å². The van der Waals surface area contributed by atoms with Crippen molar-refractivity contribution in [1.82, 2.24) is 19.4 Å².